The molecule has 0 aromatic carbocycles. The number of nitriles is 1. The molecule has 0 atom stereocenters. The van der Waals surface area contributed by atoms with E-state index in [4.69, 9.17) is 9.72 Å². The maximum absolute atomic E-state index is 9.66. The molecule has 0 saturated carbocycles. The normalized spacial score (nSPS) is 14.5. The fraction of sp³-hybridized carbons (Fsp3) is 0.429. The van der Waals surface area contributed by atoms with Crippen LogP contribution in [0, 0.1) is 18.3 Å². The quantitative estimate of drug-likeness (QED) is 0.472. The molecule has 0 radical (unpaired) electrons. The molecule has 4 rings (SSSR count). The molecule has 10 heteroatoms. The van der Waals surface area contributed by atoms with Gasteiger partial charge in [-0.3, -0.25) is 0 Å². The van der Waals surface area contributed by atoms with Crippen LogP contribution in [0.3, 0.4) is 0 Å². The second-order valence-corrected chi connectivity index (χ2v) is 8.13. The summed E-state index contributed by atoms with van der Waals surface area (Å²) in [7, 11) is 0. The maximum atomic E-state index is 9.66. The lowest BCUT2D eigenvalue weighted by molar-refractivity contribution is 0.122. The predicted molar refractivity (Wildman–Crippen MR) is 119 cm³/mol. The van der Waals surface area contributed by atoms with Crippen LogP contribution in [0.4, 0.5) is 23.3 Å². The van der Waals surface area contributed by atoms with Crippen LogP contribution >= 0.6 is 0 Å². The third-order valence-corrected chi connectivity index (χ3v) is 5.16. The van der Waals surface area contributed by atoms with Crippen LogP contribution in [0.2, 0.25) is 0 Å². The van der Waals surface area contributed by atoms with Gasteiger partial charge in [0.05, 0.1) is 47.7 Å². The van der Waals surface area contributed by atoms with E-state index in [-0.39, 0.29) is 6.61 Å². The Morgan fingerprint density at radius 2 is 2.03 bits per heavy atom. The molecule has 0 spiro atoms. The summed E-state index contributed by atoms with van der Waals surface area (Å²) in [5, 5.41) is 26.1. The number of aryl methyl sites for hydroxylation is 1. The Hall–Kier alpha value is -3.42. The molecule has 10 nitrogen and oxygen atoms in total. The van der Waals surface area contributed by atoms with E-state index in [0.717, 1.165) is 30.3 Å². The summed E-state index contributed by atoms with van der Waals surface area (Å²) >= 11 is 0. The zero-order chi connectivity index (χ0) is 22.0. The smallest absolute Gasteiger partial charge is 0.231 e. The third kappa shape index (κ3) is 4.38. The minimum Gasteiger partial charge on any atom is -0.394 e. The molecule has 3 aromatic rings. The van der Waals surface area contributed by atoms with Gasteiger partial charge in [-0.05, 0) is 32.9 Å². The number of fused-ring (bicyclic) bond motifs is 1. The van der Waals surface area contributed by atoms with Gasteiger partial charge in [-0.2, -0.15) is 15.2 Å². The molecule has 0 amide bonds. The van der Waals surface area contributed by atoms with Crippen molar-refractivity contribution in [2.45, 2.75) is 26.3 Å². The van der Waals surface area contributed by atoms with Crippen LogP contribution in [-0.2, 0) is 4.74 Å². The largest absolute Gasteiger partial charge is 0.394 e. The fourth-order valence-corrected chi connectivity index (χ4v) is 3.40. The number of aliphatic hydroxyl groups excluding tert-OH is 1. The average Bonchev–Trinajstić information content (AvgIpc) is 3.19. The molecule has 4 N–H and O–H groups in total. The molecular formula is C21H26N8O2. The second kappa shape index (κ2) is 8.37. The van der Waals surface area contributed by atoms with Gasteiger partial charge in [-0.1, -0.05) is 0 Å². The Balaban J connectivity index is 1.66. The summed E-state index contributed by atoms with van der Waals surface area (Å²) in [6.07, 6.45) is 1.60. The van der Waals surface area contributed by atoms with Crippen molar-refractivity contribution in [1.82, 2.24) is 19.9 Å². The molecule has 162 valence electrons. The van der Waals surface area contributed by atoms with Crippen LogP contribution in [0.15, 0.2) is 18.3 Å². The molecule has 31 heavy (non-hydrogen) atoms. The Kier molecular flexibility index (Phi) is 5.63. The highest BCUT2D eigenvalue weighted by Gasteiger charge is 2.22. The van der Waals surface area contributed by atoms with E-state index >= 15 is 0 Å². The number of morpholine rings is 1. The molecule has 1 aliphatic rings. The first kappa shape index (κ1) is 20.8. The van der Waals surface area contributed by atoms with Gasteiger partial charge in [0, 0.05) is 19.3 Å². The van der Waals surface area contributed by atoms with Crippen LogP contribution in [-0.4, -0.2) is 63.5 Å². The lowest BCUT2D eigenvalue weighted by Gasteiger charge is -2.28. The summed E-state index contributed by atoms with van der Waals surface area (Å²) in [6, 6.07) is 6.08. The number of rotatable bonds is 6. The molecule has 3 aromatic heterocycles. The molecule has 1 saturated heterocycles. The predicted octanol–water partition coefficient (Wildman–Crippen LogP) is 2.30. The SMILES string of the molecule is Cc1nc(N2CCOCC2)ccc1Nc1nc(NC(C)(C)CO)c2c(C#N)c[nH]c2n1. The van der Waals surface area contributed by atoms with Gasteiger partial charge in [-0.15, -0.1) is 0 Å². The van der Waals surface area contributed by atoms with Crippen LogP contribution in [0.5, 0.6) is 0 Å². The lowest BCUT2D eigenvalue weighted by atomic mass is 10.1. The number of nitrogens with zero attached hydrogens (tertiary/aromatic N) is 5. The van der Waals surface area contributed by atoms with Crippen molar-refractivity contribution in [1.29, 1.82) is 5.26 Å². The van der Waals surface area contributed by atoms with E-state index in [1.165, 1.54) is 0 Å². The van der Waals surface area contributed by atoms with Gasteiger partial charge in [-0.25, -0.2) is 4.98 Å². The summed E-state index contributed by atoms with van der Waals surface area (Å²) in [5.41, 5.74) is 1.95. The number of H-pyrrole nitrogens is 1. The van der Waals surface area contributed by atoms with E-state index in [9.17, 15) is 10.4 Å². The number of hydrogen-bond donors (Lipinski definition) is 4. The first-order valence-corrected chi connectivity index (χ1v) is 10.2. The molecule has 1 fully saturated rings. The highest BCUT2D eigenvalue weighted by Crippen LogP contribution is 2.29. The topological polar surface area (TPSA) is 135 Å². The van der Waals surface area contributed by atoms with E-state index in [0.29, 0.717) is 41.6 Å². The Bertz CT molecular complexity index is 1130. The first-order valence-electron chi connectivity index (χ1n) is 10.2. The van der Waals surface area contributed by atoms with Gasteiger partial charge >= 0.3 is 0 Å². The molecular weight excluding hydrogens is 396 g/mol. The summed E-state index contributed by atoms with van der Waals surface area (Å²) < 4.78 is 5.41. The van der Waals surface area contributed by atoms with E-state index in [1.54, 1.807) is 6.20 Å². The van der Waals surface area contributed by atoms with Gasteiger partial charge in [0.1, 0.15) is 23.4 Å². The van der Waals surface area contributed by atoms with Crippen LogP contribution in [0.25, 0.3) is 11.0 Å². The fourth-order valence-electron chi connectivity index (χ4n) is 3.40. The van der Waals surface area contributed by atoms with Gasteiger partial charge in [0.2, 0.25) is 5.95 Å². The number of aromatic amines is 1. The van der Waals surface area contributed by atoms with Crippen molar-refractivity contribution in [3.8, 4) is 6.07 Å². The van der Waals surface area contributed by atoms with E-state index in [2.05, 4.69) is 36.6 Å². The van der Waals surface area contributed by atoms with Crippen molar-refractivity contribution in [2.24, 2.45) is 0 Å². The van der Waals surface area contributed by atoms with Crippen LogP contribution in [0.1, 0.15) is 25.1 Å². The lowest BCUT2D eigenvalue weighted by Crippen LogP contribution is -2.36. The number of anilines is 4. The van der Waals surface area contributed by atoms with Crippen molar-refractivity contribution in [3.05, 3.63) is 29.6 Å². The number of pyridine rings is 1. The number of ether oxygens (including phenoxy) is 1. The summed E-state index contributed by atoms with van der Waals surface area (Å²) in [6.45, 7) is 8.59. The van der Waals surface area contributed by atoms with Gasteiger partial charge in [0.15, 0.2) is 0 Å². The number of hydrogen-bond acceptors (Lipinski definition) is 9. The molecule has 4 heterocycles. The number of nitrogens with one attached hydrogen (secondary N) is 3. The highest BCUT2D eigenvalue weighted by atomic mass is 16.5. The zero-order valence-electron chi connectivity index (χ0n) is 17.9. The first-order chi connectivity index (χ1) is 14.9. The monoisotopic (exact) mass is 422 g/mol. The summed E-state index contributed by atoms with van der Waals surface area (Å²) in [4.78, 5) is 19.1. The van der Waals surface area contributed by atoms with E-state index < -0.39 is 5.54 Å². The van der Waals surface area contributed by atoms with Crippen molar-refractivity contribution in [2.75, 3.05) is 48.4 Å². The molecule has 0 bridgehead atoms. The van der Waals surface area contributed by atoms with Crippen LogP contribution < -0.4 is 15.5 Å². The number of aliphatic hydroxyl groups is 1. The summed E-state index contributed by atoms with van der Waals surface area (Å²) in [5.74, 6) is 1.75. The highest BCUT2D eigenvalue weighted by molar-refractivity contribution is 5.94. The standard InChI is InChI=1S/C21H26N8O2/c1-13-15(4-5-16(24-13)29-6-8-31-9-7-29)25-20-26-18-17(14(10-22)11-23-18)19(27-20)28-21(2,3)12-30/h4-5,11,30H,6-9,12H2,1-3H3,(H3,23,25,26,27,28). The van der Waals surface area contributed by atoms with Crippen molar-refractivity contribution >= 4 is 34.3 Å². The van der Waals surface area contributed by atoms with E-state index in [1.807, 2.05) is 32.9 Å². The Morgan fingerprint density at radius 1 is 1.26 bits per heavy atom. The molecule has 1 aliphatic heterocycles. The molecule has 0 aliphatic carbocycles. The molecule has 0 unspecified atom stereocenters. The minimum absolute atomic E-state index is 0.0976. The van der Waals surface area contributed by atoms with Crippen molar-refractivity contribution < 1.29 is 9.84 Å². The van der Waals surface area contributed by atoms with Gasteiger partial charge in [0.25, 0.3) is 0 Å². The van der Waals surface area contributed by atoms with Crippen molar-refractivity contribution in [3.63, 3.8) is 0 Å². The Morgan fingerprint density at radius 3 is 2.71 bits per heavy atom. The average molecular weight is 422 g/mol. The third-order valence-electron chi connectivity index (χ3n) is 5.16. The van der Waals surface area contributed by atoms with Gasteiger partial charge < -0.3 is 30.4 Å². The maximum Gasteiger partial charge on any atom is 0.231 e. The minimum atomic E-state index is -0.625. The zero-order valence-corrected chi connectivity index (χ0v) is 17.9. The number of aromatic nitrogens is 4. The Labute approximate surface area is 180 Å². The second-order valence-electron chi connectivity index (χ2n) is 8.13.